The number of hydrogen-bond acceptors (Lipinski definition) is 3. The number of hydrogen-bond donors (Lipinski definition) is 1. The van der Waals surface area contributed by atoms with Gasteiger partial charge in [0, 0.05) is 19.6 Å². The van der Waals surface area contributed by atoms with Crippen LogP contribution in [0.25, 0.3) is 0 Å². The first-order chi connectivity index (χ1) is 4.97. The Kier molecular flexibility index (Phi) is 1.49. The van der Waals surface area contributed by atoms with Crippen LogP contribution in [0.4, 0.5) is 0 Å². The predicted molar refractivity (Wildman–Crippen MR) is 39.5 cm³/mol. The van der Waals surface area contributed by atoms with Crippen molar-refractivity contribution in [2.75, 3.05) is 19.6 Å². The molecule has 3 nitrogen and oxygen atoms in total. The maximum absolute atomic E-state index is 4.32. The van der Waals surface area contributed by atoms with E-state index in [-0.39, 0.29) is 0 Å². The van der Waals surface area contributed by atoms with Crippen molar-refractivity contribution in [3.05, 3.63) is 6.54 Å². The number of nitrogens with zero attached hydrogens (tertiary/aromatic N) is 2. The summed E-state index contributed by atoms with van der Waals surface area (Å²) in [6, 6.07) is 0. The highest BCUT2D eigenvalue weighted by molar-refractivity contribution is 5.81. The number of nitrogens with one attached hydrogen (secondary N) is 1. The van der Waals surface area contributed by atoms with E-state index in [1.165, 1.54) is 6.42 Å². The molecule has 0 bridgehead atoms. The van der Waals surface area contributed by atoms with Crippen LogP contribution < -0.4 is 5.32 Å². The fourth-order valence-electron chi connectivity index (χ4n) is 1.32. The minimum atomic E-state index is 0.973. The SMILES string of the molecule is [C]1CCN2CCCN=C2N1. The van der Waals surface area contributed by atoms with Gasteiger partial charge in [0.15, 0.2) is 5.96 Å². The van der Waals surface area contributed by atoms with E-state index in [1.807, 2.05) is 0 Å². The Labute approximate surface area is 61.1 Å². The molecule has 2 radical (unpaired) electrons. The quantitative estimate of drug-likeness (QED) is 0.512. The van der Waals surface area contributed by atoms with Gasteiger partial charge < -0.3 is 10.2 Å². The summed E-state index contributed by atoms with van der Waals surface area (Å²) >= 11 is 0. The van der Waals surface area contributed by atoms with Gasteiger partial charge >= 0.3 is 0 Å². The molecule has 2 aliphatic rings. The fourth-order valence-corrected chi connectivity index (χ4v) is 1.32. The Morgan fingerprint density at radius 2 is 2.50 bits per heavy atom. The van der Waals surface area contributed by atoms with Crippen molar-refractivity contribution in [1.82, 2.24) is 10.2 Å². The summed E-state index contributed by atoms with van der Waals surface area (Å²) in [5.41, 5.74) is 0. The largest absolute Gasteiger partial charge is 0.346 e. The van der Waals surface area contributed by atoms with Crippen molar-refractivity contribution in [2.24, 2.45) is 4.99 Å². The molecule has 1 fully saturated rings. The molecule has 2 heterocycles. The van der Waals surface area contributed by atoms with Gasteiger partial charge in [-0.2, -0.15) is 0 Å². The molecular weight excluding hydrogens is 126 g/mol. The van der Waals surface area contributed by atoms with Crippen LogP contribution in [0.2, 0.25) is 0 Å². The second-order valence-corrected chi connectivity index (χ2v) is 2.60. The predicted octanol–water partition coefficient (Wildman–Crippen LogP) is 0.0802. The van der Waals surface area contributed by atoms with E-state index in [0.717, 1.165) is 32.0 Å². The zero-order valence-electron chi connectivity index (χ0n) is 5.93. The Bertz CT molecular complexity index is 153. The second kappa shape index (κ2) is 2.48. The minimum Gasteiger partial charge on any atom is -0.346 e. The Balaban J connectivity index is 2.08. The van der Waals surface area contributed by atoms with Gasteiger partial charge in [0.05, 0.1) is 6.54 Å². The average molecular weight is 137 g/mol. The van der Waals surface area contributed by atoms with Crippen LogP contribution in [-0.2, 0) is 0 Å². The van der Waals surface area contributed by atoms with Gasteiger partial charge in [-0.05, 0) is 12.8 Å². The van der Waals surface area contributed by atoms with Gasteiger partial charge in [-0.3, -0.25) is 4.99 Å². The van der Waals surface area contributed by atoms with Crippen LogP contribution in [0.3, 0.4) is 0 Å². The van der Waals surface area contributed by atoms with Crippen molar-refractivity contribution >= 4 is 5.96 Å². The zero-order valence-corrected chi connectivity index (χ0v) is 5.93. The van der Waals surface area contributed by atoms with Gasteiger partial charge in [0.25, 0.3) is 0 Å². The van der Waals surface area contributed by atoms with Gasteiger partial charge in [-0.25, -0.2) is 0 Å². The van der Waals surface area contributed by atoms with Crippen molar-refractivity contribution in [3.63, 3.8) is 0 Å². The zero-order chi connectivity index (χ0) is 6.81. The highest BCUT2D eigenvalue weighted by atomic mass is 15.3. The Hall–Kier alpha value is -0.730. The normalized spacial score (nSPS) is 24.8. The molecule has 0 aromatic rings. The number of guanidine groups is 1. The summed E-state index contributed by atoms with van der Waals surface area (Å²) in [5, 5.41) is 3.05. The summed E-state index contributed by atoms with van der Waals surface area (Å²) in [6.07, 6.45) is 2.21. The molecule has 0 spiro atoms. The van der Waals surface area contributed by atoms with E-state index in [1.54, 1.807) is 0 Å². The standard InChI is InChI=1S/C7H11N3/c1-3-8-7-9-4-2-6-10(7)5-1/h1-3,5-6H2,(H,8,9). The third-order valence-corrected chi connectivity index (χ3v) is 1.85. The first-order valence-electron chi connectivity index (χ1n) is 3.75. The van der Waals surface area contributed by atoms with E-state index in [0.29, 0.717) is 0 Å². The molecule has 2 aliphatic heterocycles. The monoisotopic (exact) mass is 137 g/mol. The van der Waals surface area contributed by atoms with E-state index in [2.05, 4.69) is 21.8 Å². The maximum atomic E-state index is 4.32. The molecule has 54 valence electrons. The summed E-state index contributed by atoms with van der Waals surface area (Å²) < 4.78 is 0. The molecule has 0 amide bonds. The molecular formula is C7H11N3. The van der Waals surface area contributed by atoms with Crippen molar-refractivity contribution < 1.29 is 0 Å². The van der Waals surface area contributed by atoms with Crippen LogP contribution in [0.15, 0.2) is 4.99 Å². The molecule has 3 heteroatoms. The van der Waals surface area contributed by atoms with Gasteiger partial charge in [0.1, 0.15) is 0 Å². The van der Waals surface area contributed by atoms with Crippen LogP contribution in [0, 0.1) is 6.54 Å². The van der Waals surface area contributed by atoms with Crippen molar-refractivity contribution in [2.45, 2.75) is 12.8 Å². The molecule has 0 aromatic heterocycles. The van der Waals surface area contributed by atoms with Crippen molar-refractivity contribution in [3.8, 4) is 0 Å². The van der Waals surface area contributed by atoms with E-state index in [9.17, 15) is 0 Å². The first-order valence-corrected chi connectivity index (χ1v) is 3.75. The molecule has 0 unspecified atom stereocenters. The highest BCUT2D eigenvalue weighted by Gasteiger charge is 2.17. The van der Waals surface area contributed by atoms with E-state index in [4.69, 9.17) is 0 Å². The molecule has 0 atom stereocenters. The lowest BCUT2D eigenvalue weighted by molar-refractivity contribution is 0.362. The summed E-state index contributed by atoms with van der Waals surface area (Å²) in [4.78, 5) is 6.60. The third-order valence-electron chi connectivity index (χ3n) is 1.85. The third kappa shape index (κ3) is 0.958. The van der Waals surface area contributed by atoms with Crippen LogP contribution in [0.5, 0.6) is 0 Å². The van der Waals surface area contributed by atoms with Gasteiger partial charge in [-0.15, -0.1) is 0 Å². The second-order valence-electron chi connectivity index (χ2n) is 2.60. The molecule has 0 aromatic carbocycles. The topological polar surface area (TPSA) is 27.6 Å². The molecule has 0 aliphatic carbocycles. The van der Waals surface area contributed by atoms with Gasteiger partial charge in [-0.1, -0.05) is 0 Å². The van der Waals surface area contributed by atoms with E-state index >= 15 is 0 Å². The van der Waals surface area contributed by atoms with E-state index < -0.39 is 0 Å². The minimum absolute atomic E-state index is 0.973. The van der Waals surface area contributed by atoms with Crippen molar-refractivity contribution in [1.29, 1.82) is 0 Å². The smallest absolute Gasteiger partial charge is 0.194 e. The number of fused-ring (bicyclic) bond motifs is 1. The number of rotatable bonds is 0. The summed E-state index contributed by atoms with van der Waals surface area (Å²) in [7, 11) is 0. The van der Waals surface area contributed by atoms with Crippen LogP contribution >= 0.6 is 0 Å². The number of aliphatic imine (C=N–C) groups is 1. The summed E-state index contributed by atoms with van der Waals surface area (Å²) in [6.45, 7) is 6.28. The van der Waals surface area contributed by atoms with Gasteiger partial charge in [0.2, 0.25) is 0 Å². The molecule has 10 heavy (non-hydrogen) atoms. The van der Waals surface area contributed by atoms with Crippen LogP contribution in [-0.4, -0.2) is 30.5 Å². The van der Waals surface area contributed by atoms with Crippen LogP contribution in [0.1, 0.15) is 12.8 Å². The lowest BCUT2D eigenvalue weighted by Crippen LogP contribution is -2.47. The lowest BCUT2D eigenvalue weighted by atomic mass is 10.2. The molecule has 1 saturated heterocycles. The fraction of sp³-hybridized carbons (Fsp3) is 0.714. The first kappa shape index (κ1) is 6.01. The lowest BCUT2D eigenvalue weighted by Gasteiger charge is -2.32. The summed E-state index contributed by atoms with van der Waals surface area (Å²) in [5.74, 6) is 1.03. The molecule has 1 N–H and O–H groups in total. The maximum Gasteiger partial charge on any atom is 0.194 e. The Morgan fingerprint density at radius 1 is 1.50 bits per heavy atom. The average Bonchev–Trinajstić information content (AvgIpc) is 2.05. The Morgan fingerprint density at radius 3 is 3.40 bits per heavy atom. The molecule has 2 rings (SSSR count). The highest BCUT2D eigenvalue weighted by Crippen LogP contribution is 2.06. The molecule has 0 saturated carbocycles.